The Bertz CT molecular complexity index is 1160. The first-order valence-corrected chi connectivity index (χ1v) is 12.4. The highest BCUT2D eigenvalue weighted by Crippen LogP contribution is 2.49. The number of rotatable bonds is 5. The van der Waals surface area contributed by atoms with Crippen LogP contribution in [0.15, 0.2) is 53.7 Å². The van der Waals surface area contributed by atoms with Crippen molar-refractivity contribution >= 4 is 46.3 Å². The molecule has 2 aliphatic rings. The normalized spacial score (nSPS) is 19.3. The number of hydrogen-bond acceptors (Lipinski definition) is 4. The van der Waals surface area contributed by atoms with Gasteiger partial charge in [-0.15, -0.1) is 0 Å². The van der Waals surface area contributed by atoms with Gasteiger partial charge in [0, 0.05) is 34.3 Å². The van der Waals surface area contributed by atoms with Crippen LogP contribution in [-0.4, -0.2) is 24.8 Å². The molecule has 0 radical (unpaired) electrons. The van der Waals surface area contributed by atoms with Gasteiger partial charge in [0.15, 0.2) is 5.78 Å². The summed E-state index contributed by atoms with van der Waals surface area (Å²) in [6.45, 7) is 8.99. The number of nitrogens with one attached hydrogen (secondary N) is 2. The summed E-state index contributed by atoms with van der Waals surface area (Å²) in [6, 6.07) is 12.7. The van der Waals surface area contributed by atoms with Crippen molar-refractivity contribution in [1.82, 2.24) is 5.32 Å². The van der Waals surface area contributed by atoms with E-state index in [0.717, 1.165) is 29.1 Å². The van der Waals surface area contributed by atoms with Crippen LogP contribution < -0.4 is 15.5 Å². The number of fused-ring (bicyclic) bond motifs is 1. The summed E-state index contributed by atoms with van der Waals surface area (Å²) in [5.74, 6) is 0.293. The van der Waals surface area contributed by atoms with E-state index in [9.17, 15) is 9.59 Å². The first-order chi connectivity index (χ1) is 16.1. The molecule has 0 aromatic heterocycles. The number of para-hydroxylation sites is 2. The van der Waals surface area contributed by atoms with Gasteiger partial charge >= 0.3 is 0 Å². The molecule has 0 saturated carbocycles. The number of nitrogens with zero attached hydrogens (tertiary/aromatic N) is 1. The summed E-state index contributed by atoms with van der Waals surface area (Å²) >= 11 is 12.9. The molecule has 7 heteroatoms. The second-order valence-corrected chi connectivity index (χ2v) is 11.2. The summed E-state index contributed by atoms with van der Waals surface area (Å²) in [5, 5.41) is 7.55. The summed E-state index contributed by atoms with van der Waals surface area (Å²) in [6.07, 6.45) is 1.15. The summed E-state index contributed by atoms with van der Waals surface area (Å²) in [4.78, 5) is 28.7. The van der Waals surface area contributed by atoms with Gasteiger partial charge in [-0.2, -0.15) is 0 Å². The van der Waals surface area contributed by atoms with Crippen molar-refractivity contribution in [2.45, 2.75) is 46.6 Å². The Balaban J connectivity index is 1.91. The average Bonchev–Trinajstić information content (AvgIpc) is 2.86. The lowest BCUT2D eigenvalue weighted by atomic mass is 9.73. The van der Waals surface area contributed by atoms with Crippen LogP contribution in [0.25, 0.3) is 0 Å². The first-order valence-electron chi connectivity index (χ1n) is 11.7. The summed E-state index contributed by atoms with van der Waals surface area (Å²) < 4.78 is 0. The standard InChI is InChI=1S/C27H31Cl2N3O2/c1-16(2)14-30-24(34)15-32-22-8-6-5-7-20(22)31-21-12-27(3,4)13-23(33)25(21)26(32)18-10-9-17(28)11-19(18)29/h5-11,16,26,31H,12-15H2,1-4H3,(H,30,34). The molecule has 0 fully saturated rings. The lowest BCUT2D eigenvalue weighted by Crippen LogP contribution is -2.42. The van der Waals surface area contributed by atoms with Crippen LogP contribution in [0, 0.1) is 11.3 Å². The number of hydrogen-bond donors (Lipinski definition) is 2. The van der Waals surface area contributed by atoms with Crippen LogP contribution in [0.5, 0.6) is 0 Å². The second kappa shape index (κ2) is 9.63. The van der Waals surface area contributed by atoms with E-state index in [-0.39, 0.29) is 23.7 Å². The van der Waals surface area contributed by atoms with Gasteiger partial charge < -0.3 is 15.5 Å². The zero-order valence-corrected chi connectivity index (χ0v) is 21.6. The molecule has 1 aliphatic carbocycles. The minimum Gasteiger partial charge on any atom is -0.357 e. The van der Waals surface area contributed by atoms with Gasteiger partial charge in [0.05, 0.1) is 24.0 Å². The molecule has 0 spiro atoms. The fourth-order valence-electron chi connectivity index (χ4n) is 4.80. The van der Waals surface area contributed by atoms with E-state index in [1.807, 2.05) is 35.2 Å². The molecule has 1 amide bonds. The zero-order valence-electron chi connectivity index (χ0n) is 20.0. The molecule has 34 heavy (non-hydrogen) atoms. The van der Waals surface area contributed by atoms with Crippen LogP contribution in [-0.2, 0) is 9.59 Å². The highest BCUT2D eigenvalue weighted by Gasteiger charge is 2.42. The quantitative estimate of drug-likeness (QED) is 0.500. The van der Waals surface area contributed by atoms with Crippen LogP contribution in [0.3, 0.4) is 0 Å². The summed E-state index contributed by atoms with van der Waals surface area (Å²) in [7, 11) is 0. The fraction of sp³-hybridized carbons (Fsp3) is 0.407. The minimum absolute atomic E-state index is 0.0650. The highest BCUT2D eigenvalue weighted by atomic mass is 35.5. The van der Waals surface area contributed by atoms with E-state index >= 15 is 0 Å². The van der Waals surface area contributed by atoms with Crippen molar-refractivity contribution in [2.75, 3.05) is 23.3 Å². The Morgan fingerprint density at radius 3 is 2.62 bits per heavy atom. The molecule has 2 N–H and O–H groups in total. The van der Waals surface area contributed by atoms with Gasteiger partial charge in [0.25, 0.3) is 0 Å². The van der Waals surface area contributed by atoms with Gasteiger partial charge in [0.2, 0.25) is 5.91 Å². The third-order valence-electron chi connectivity index (χ3n) is 6.28. The molecule has 2 aromatic rings. The third kappa shape index (κ3) is 5.11. The number of carbonyl (C=O) groups is 2. The number of halogens is 2. The molecule has 5 nitrogen and oxygen atoms in total. The minimum atomic E-state index is -0.524. The molecule has 0 bridgehead atoms. The maximum Gasteiger partial charge on any atom is 0.239 e. The number of carbonyl (C=O) groups excluding carboxylic acids is 2. The van der Waals surface area contributed by atoms with Crippen molar-refractivity contribution < 1.29 is 9.59 Å². The van der Waals surface area contributed by atoms with Crippen molar-refractivity contribution in [1.29, 1.82) is 0 Å². The molecular formula is C27H31Cl2N3O2. The molecular weight excluding hydrogens is 469 g/mol. The fourth-order valence-corrected chi connectivity index (χ4v) is 5.31. The maximum atomic E-state index is 13.7. The van der Waals surface area contributed by atoms with E-state index < -0.39 is 6.04 Å². The van der Waals surface area contributed by atoms with E-state index in [4.69, 9.17) is 23.2 Å². The lowest BCUT2D eigenvalue weighted by Gasteiger charge is -2.38. The molecule has 180 valence electrons. The average molecular weight is 500 g/mol. The van der Waals surface area contributed by atoms with Crippen molar-refractivity contribution in [2.24, 2.45) is 11.3 Å². The van der Waals surface area contributed by atoms with Gasteiger partial charge in [-0.1, -0.05) is 69.1 Å². The van der Waals surface area contributed by atoms with Crippen molar-refractivity contribution in [3.63, 3.8) is 0 Å². The molecule has 4 rings (SSSR count). The number of allylic oxidation sites excluding steroid dienone is 1. The van der Waals surface area contributed by atoms with E-state index in [1.165, 1.54) is 0 Å². The zero-order chi connectivity index (χ0) is 24.6. The first kappa shape index (κ1) is 24.6. The Morgan fingerprint density at radius 2 is 1.91 bits per heavy atom. The molecule has 0 saturated heterocycles. The number of amides is 1. The van der Waals surface area contributed by atoms with E-state index in [0.29, 0.717) is 34.5 Å². The maximum absolute atomic E-state index is 13.7. The number of ketones is 1. The molecule has 1 heterocycles. The third-order valence-corrected chi connectivity index (χ3v) is 6.85. The Hall–Kier alpha value is -2.50. The second-order valence-electron chi connectivity index (χ2n) is 10.4. The van der Waals surface area contributed by atoms with Gasteiger partial charge in [-0.3, -0.25) is 9.59 Å². The SMILES string of the molecule is CC(C)CNC(=O)CN1c2ccccc2NC2=C(C(=O)CC(C)(C)C2)C1c1ccc(Cl)cc1Cl. The van der Waals surface area contributed by atoms with E-state index in [1.54, 1.807) is 12.1 Å². The lowest BCUT2D eigenvalue weighted by molar-refractivity contribution is -0.120. The Morgan fingerprint density at radius 1 is 1.18 bits per heavy atom. The predicted molar refractivity (Wildman–Crippen MR) is 140 cm³/mol. The number of Topliss-reactive ketones (excluding diaryl/α,β-unsaturated/α-hetero) is 1. The Kier molecular flexibility index (Phi) is 6.97. The largest absolute Gasteiger partial charge is 0.357 e. The summed E-state index contributed by atoms with van der Waals surface area (Å²) in [5.41, 5.74) is 3.84. The van der Waals surface area contributed by atoms with Crippen LogP contribution in [0.2, 0.25) is 10.0 Å². The van der Waals surface area contributed by atoms with Gasteiger partial charge in [-0.25, -0.2) is 0 Å². The van der Waals surface area contributed by atoms with Crippen LogP contribution >= 0.6 is 23.2 Å². The molecule has 1 unspecified atom stereocenters. The monoisotopic (exact) mass is 499 g/mol. The van der Waals surface area contributed by atoms with Crippen LogP contribution in [0.1, 0.15) is 52.1 Å². The Labute approximate surface area is 211 Å². The van der Waals surface area contributed by atoms with Crippen LogP contribution in [0.4, 0.5) is 11.4 Å². The molecule has 2 aromatic carbocycles. The van der Waals surface area contributed by atoms with E-state index in [2.05, 4.69) is 38.3 Å². The number of benzene rings is 2. The smallest absolute Gasteiger partial charge is 0.239 e. The number of anilines is 2. The van der Waals surface area contributed by atoms with Crippen molar-refractivity contribution in [3.8, 4) is 0 Å². The van der Waals surface area contributed by atoms with Gasteiger partial charge in [-0.05, 0) is 47.6 Å². The molecule has 1 aliphatic heterocycles. The molecule has 1 atom stereocenters. The topological polar surface area (TPSA) is 61.4 Å². The predicted octanol–water partition coefficient (Wildman–Crippen LogP) is 6.38. The van der Waals surface area contributed by atoms with Gasteiger partial charge in [0.1, 0.15) is 0 Å². The van der Waals surface area contributed by atoms with Crippen molar-refractivity contribution in [3.05, 3.63) is 69.3 Å². The highest BCUT2D eigenvalue weighted by molar-refractivity contribution is 6.35.